The number of halogens is 1. The van der Waals surface area contributed by atoms with E-state index in [2.05, 4.69) is 65.0 Å². The van der Waals surface area contributed by atoms with Crippen molar-refractivity contribution < 1.29 is 0 Å². The number of rotatable bonds is 4. The SMILES string of the molecule is CCCNC(=NC)NCc1cccc2ccccc12.I. The van der Waals surface area contributed by atoms with Gasteiger partial charge in [-0.2, -0.15) is 0 Å². The average molecular weight is 383 g/mol. The highest BCUT2D eigenvalue weighted by Crippen LogP contribution is 2.18. The second-order valence-corrected chi connectivity index (χ2v) is 4.49. The third-order valence-electron chi connectivity index (χ3n) is 3.09. The molecule has 0 unspecified atom stereocenters. The molecular formula is C16H22IN3. The van der Waals surface area contributed by atoms with E-state index in [1.165, 1.54) is 16.3 Å². The normalized spacial score (nSPS) is 11.0. The highest BCUT2D eigenvalue weighted by molar-refractivity contribution is 14.0. The monoisotopic (exact) mass is 383 g/mol. The minimum Gasteiger partial charge on any atom is -0.356 e. The quantitative estimate of drug-likeness (QED) is 0.482. The van der Waals surface area contributed by atoms with Gasteiger partial charge in [0.05, 0.1) is 0 Å². The average Bonchev–Trinajstić information content (AvgIpc) is 2.47. The number of guanidine groups is 1. The summed E-state index contributed by atoms with van der Waals surface area (Å²) < 4.78 is 0. The molecule has 2 aromatic rings. The number of hydrogen-bond acceptors (Lipinski definition) is 1. The topological polar surface area (TPSA) is 36.4 Å². The lowest BCUT2D eigenvalue weighted by Crippen LogP contribution is -2.37. The predicted octanol–water partition coefficient (Wildman–Crippen LogP) is 3.53. The molecule has 108 valence electrons. The number of benzene rings is 2. The van der Waals surface area contributed by atoms with Crippen molar-refractivity contribution in [2.45, 2.75) is 19.9 Å². The Morgan fingerprint density at radius 1 is 1.05 bits per heavy atom. The zero-order valence-electron chi connectivity index (χ0n) is 12.0. The maximum atomic E-state index is 4.22. The van der Waals surface area contributed by atoms with E-state index in [9.17, 15) is 0 Å². The fraction of sp³-hybridized carbons (Fsp3) is 0.312. The molecule has 0 amide bonds. The van der Waals surface area contributed by atoms with Crippen molar-refractivity contribution in [3.63, 3.8) is 0 Å². The Balaban J connectivity index is 0.00000200. The van der Waals surface area contributed by atoms with Crippen molar-refractivity contribution in [3.05, 3.63) is 48.0 Å². The number of hydrogen-bond donors (Lipinski definition) is 2. The lowest BCUT2D eigenvalue weighted by atomic mass is 10.0. The Hall–Kier alpha value is -1.30. The van der Waals surface area contributed by atoms with Gasteiger partial charge in [0.25, 0.3) is 0 Å². The van der Waals surface area contributed by atoms with Gasteiger partial charge in [-0.25, -0.2) is 0 Å². The summed E-state index contributed by atoms with van der Waals surface area (Å²) in [5.74, 6) is 0.856. The van der Waals surface area contributed by atoms with Crippen LogP contribution in [-0.4, -0.2) is 19.6 Å². The van der Waals surface area contributed by atoms with Gasteiger partial charge in [0.15, 0.2) is 5.96 Å². The molecule has 0 radical (unpaired) electrons. The summed E-state index contributed by atoms with van der Waals surface area (Å²) in [6.45, 7) is 3.87. The Morgan fingerprint density at radius 3 is 2.55 bits per heavy atom. The number of nitrogens with zero attached hydrogens (tertiary/aromatic N) is 1. The molecule has 2 aromatic carbocycles. The van der Waals surface area contributed by atoms with Crippen molar-refractivity contribution in [1.82, 2.24) is 10.6 Å². The van der Waals surface area contributed by atoms with Crippen LogP contribution in [0.2, 0.25) is 0 Å². The van der Waals surface area contributed by atoms with Crippen LogP contribution in [0.4, 0.5) is 0 Å². The molecule has 3 nitrogen and oxygen atoms in total. The second-order valence-electron chi connectivity index (χ2n) is 4.49. The van der Waals surface area contributed by atoms with Crippen molar-refractivity contribution in [3.8, 4) is 0 Å². The summed E-state index contributed by atoms with van der Waals surface area (Å²) in [6, 6.07) is 14.8. The van der Waals surface area contributed by atoms with Gasteiger partial charge >= 0.3 is 0 Å². The summed E-state index contributed by atoms with van der Waals surface area (Å²) >= 11 is 0. The fourth-order valence-corrected chi connectivity index (χ4v) is 2.09. The molecule has 2 N–H and O–H groups in total. The summed E-state index contributed by atoms with van der Waals surface area (Å²) in [7, 11) is 1.80. The molecule has 0 aliphatic heterocycles. The van der Waals surface area contributed by atoms with Crippen LogP contribution in [0.1, 0.15) is 18.9 Å². The highest BCUT2D eigenvalue weighted by atomic mass is 127. The van der Waals surface area contributed by atoms with Gasteiger partial charge in [-0.3, -0.25) is 4.99 Å². The molecule has 0 bridgehead atoms. The van der Waals surface area contributed by atoms with Crippen molar-refractivity contribution >= 4 is 40.7 Å². The first-order valence-electron chi connectivity index (χ1n) is 6.76. The molecule has 0 heterocycles. The van der Waals surface area contributed by atoms with Gasteiger partial charge in [0.1, 0.15) is 0 Å². The lowest BCUT2D eigenvalue weighted by molar-refractivity contribution is 0.783. The van der Waals surface area contributed by atoms with Crippen LogP contribution in [0.25, 0.3) is 10.8 Å². The highest BCUT2D eigenvalue weighted by Gasteiger charge is 2.01. The maximum absolute atomic E-state index is 4.22. The largest absolute Gasteiger partial charge is 0.356 e. The third-order valence-corrected chi connectivity index (χ3v) is 3.09. The Kier molecular flexibility index (Phi) is 7.36. The molecule has 0 atom stereocenters. The summed E-state index contributed by atoms with van der Waals surface area (Å²) in [5, 5.41) is 9.20. The van der Waals surface area contributed by atoms with E-state index in [-0.39, 0.29) is 24.0 Å². The standard InChI is InChI=1S/C16H21N3.HI/c1-3-11-18-16(17-2)19-12-14-9-6-8-13-7-4-5-10-15(13)14;/h4-10H,3,11-12H2,1-2H3,(H2,17,18,19);1H. The molecule has 0 spiro atoms. The van der Waals surface area contributed by atoms with E-state index in [1.807, 2.05) is 0 Å². The summed E-state index contributed by atoms with van der Waals surface area (Å²) in [5.41, 5.74) is 1.29. The van der Waals surface area contributed by atoms with Crippen LogP contribution in [0.3, 0.4) is 0 Å². The van der Waals surface area contributed by atoms with Crippen molar-refractivity contribution in [1.29, 1.82) is 0 Å². The lowest BCUT2D eigenvalue weighted by Gasteiger charge is -2.12. The van der Waals surface area contributed by atoms with Gasteiger partial charge < -0.3 is 10.6 Å². The maximum Gasteiger partial charge on any atom is 0.191 e. The van der Waals surface area contributed by atoms with Gasteiger partial charge in [-0.1, -0.05) is 49.4 Å². The first-order valence-corrected chi connectivity index (χ1v) is 6.76. The zero-order valence-corrected chi connectivity index (χ0v) is 14.3. The molecule has 4 heteroatoms. The smallest absolute Gasteiger partial charge is 0.191 e. The first-order chi connectivity index (χ1) is 9.35. The van der Waals surface area contributed by atoms with E-state index in [0.29, 0.717) is 0 Å². The Bertz CT molecular complexity index is 561. The van der Waals surface area contributed by atoms with Crippen LogP contribution < -0.4 is 10.6 Å². The van der Waals surface area contributed by atoms with E-state index in [1.54, 1.807) is 7.05 Å². The molecule has 0 aliphatic carbocycles. The predicted molar refractivity (Wildman–Crippen MR) is 97.9 cm³/mol. The Morgan fingerprint density at radius 2 is 1.80 bits per heavy atom. The molecular weight excluding hydrogens is 361 g/mol. The van der Waals surface area contributed by atoms with E-state index < -0.39 is 0 Å². The van der Waals surface area contributed by atoms with E-state index >= 15 is 0 Å². The van der Waals surface area contributed by atoms with Gasteiger partial charge in [0, 0.05) is 20.1 Å². The van der Waals surface area contributed by atoms with Crippen LogP contribution in [0.5, 0.6) is 0 Å². The van der Waals surface area contributed by atoms with Crippen molar-refractivity contribution in [2.24, 2.45) is 4.99 Å². The molecule has 2 rings (SSSR count). The molecule has 0 aromatic heterocycles. The molecule has 0 aliphatic rings. The van der Waals surface area contributed by atoms with Crippen LogP contribution in [0, 0.1) is 0 Å². The molecule has 20 heavy (non-hydrogen) atoms. The van der Waals surface area contributed by atoms with Crippen molar-refractivity contribution in [2.75, 3.05) is 13.6 Å². The molecule has 0 saturated heterocycles. The van der Waals surface area contributed by atoms with Crippen LogP contribution in [0.15, 0.2) is 47.5 Å². The van der Waals surface area contributed by atoms with E-state index in [4.69, 9.17) is 0 Å². The van der Waals surface area contributed by atoms with Gasteiger partial charge in [0.2, 0.25) is 0 Å². The second kappa shape index (κ2) is 8.79. The third kappa shape index (κ3) is 4.37. The summed E-state index contributed by atoms with van der Waals surface area (Å²) in [6.07, 6.45) is 1.09. The number of nitrogens with one attached hydrogen (secondary N) is 2. The fourth-order valence-electron chi connectivity index (χ4n) is 2.09. The number of fused-ring (bicyclic) bond motifs is 1. The van der Waals surface area contributed by atoms with Crippen LogP contribution in [-0.2, 0) is 6.54 Å². The van der Waals surface area contributed by atoms with E-state index in [0.717, 1.165) is 25.5 Å². The number of aliphatic imine (C=N–C) groups is 1. The van der Waals surface area contributed by atoms with Gasteiger partial charge in [-0.05, 0) is 22.8 Å². The van der Waals surface area contributed by atoms with Crippen LogP contribution >= 0.6 is 24.0 Å². The molecule has 0 fully saturated rings. The minimum absolute atomic E-state index is 0. The zero-order chi connectivity index (χ0) is 13.5. The Labute approximate surface area is 137 Å². The first kappa shape index (κ1) is 16.8. The molecule has 0 saturated carbocycles. The van der Waals surface area contributed by atoms with Gasteiger partial charge in [-0.15, -0.1) is 24.0 Å². The minimum atomic E-state index is 0. The summed E-state index contributed by atoms with van der Waals surface area (Å²) in [4.78, 5) is 4.22.